The van der Waals surface area contributed by atoms with E-state index in [2.05, 4.69) is 20.4 Å². The van der Waals surface area contributed by atoms with Gasteiger partial charge in [-0.1, -0.05) is 30.3 Å². The maximum Gasteiger partial charge on any atom is 0.258 e. The molecule has 29 heavy (non-hydrogen) atoms. The van der Waals surface area contributed by atoms with Crippen molar-refractivity contribution in [3.63, 3.8) is 0 Å². The third kappa shape index (κ3) is 3.60. The fourth-order valence-electron chi connectivity index (χ4n) is 2.97. The summed E-state index contributed by atoms with van der Waals surface area (Å²) in [5.41, 5.74) is 3.03. The summed E-state index contributed by atoms with van der Waals surface area (Å²) in [5.74, 6) is 1.23. The van der Waals surface area contributed by atoms with Crippen LogP contribution in [0.1, 0.15) is 16.1 Å². The molecule has 2 aromatic carbocycles. The number of ether oxygens (including phenoxy) is 2. The quantitative estimate of drug-likeness (QED) is 0.563. The Labute approximate surface area is 167 Å². The van der Waals surface area contributed by atoms with Crippen LogP contribution in [0.4, 0.5) is 5.95 Å². The second-order valence-corrected chi connectivity index (χ2v) is 6.32. The van der Waals surface area contributed by atoms with Crippen molar-refractivity contribution in [1.29, 1.82) is 0 Å². The lowest BCUT2D eigenvalue weighted by Gasteiger charge is -2.08. The second kappa shape index (κ2) is 7.59. The Morgan fingerprint density at radius 2 is 1.72 bits per heavy atom. The molecule has 0 aliphatic heterocycles. The van der Waals surface area contributed by atoms with Crippen LogP contribution >= 0.6 is 0 Å². The van der Waals surface area contributed by atoms with Gasteiger partial charge < -0.3 is 9.47 Å². The summed E-state index contributed by atoms with van der Waals surface area (Å²) in [7, 11) is 3.05. The molecule has 0 saturated carbocycles. The molecule has 0 aliphatic carbocycles. The minimum Gasteiger partial charge on any atom is -0.493 e. The van der Waals surface area contributed by atoms with Gasteiger partial charge in [0, 0.05) is 16.8 Å². The number of carbonyl (C=O) groups is 1. The van der Waals surface area contributed by atoms with Crippen molar-refractivity contribution < 1.29 is 14.3 Å². The van der Waals surface area contributed by atoms with Crippen LogP contribution < -0.4 is 14.8 Å². The molecular formula is C21H19N5O3. The van der Waals surface area contributed by atoms with Crippen LogP contribution in [0.3, 0.4) is 0 Å². The first kappa shape index (κ1) is 18.4. The van der Waals surface area contributed by atoms with Crippen molar-refractivity contribution in [3.8, 4) is 22.8 Å². The van der Waals surface area contributed by atoms with Gasteiger partial charge in [-0.3, -0.25) is 10.1 Å². The molecule has 0 unspecified atom stereocenters. The normalized spacial score (nSPS) is 10.7. The first-order valence-corrected chi connectivity index (χ1v) is 8.92. The van der Waals surface area contributed by atoms with Gasteiger partial charge in [0.25, 0.3) is 17.6 Å². The summed E-state index contributed by atoms with van der Waals surface area (Å²) in [4.78, 5) is 21.5. The summed E-state index contributed by atoms with van der Waals surface area (Å²) < 4.78 is 12.0. The Morgan fingerprint density at radius 1 is 0.966 bits per heavy atom. The largest absolute Gasteiger partial charge is 0.493 e. The maximum atomic E-state index is 12.6. The van der Waals surface area contributed by atoms with Crippen molar-refractivity contribution in [2.24, 2.45) is 0 Å². The lowest BCUT2D eigenvalue weighted by atomic mass is 10.1. The fraction of sp³-hybridized carbons (Fsp3) is 0.143. The first-order chi connectivity index (χ1) is 14.1. The van der Waals surface area contributed by atoms with Gasteiger partial charge in [0.2, 0.25) is 0 Å². The summed E-state index contributed by atoms with van der Waals surface area (Å²) in [6.45, 7) is 1.91. The SMILES string of the molecule is COc1ccc(C(=O)Nc2nc3nc(-c4ccccc4)cc(C)n3n2)cc1OC. The van der Waals surface area contributed by atoms with Gasteiger partial charge in [-0.05, 0) is 31.2 Å². The molecular weight excluding hydrogens is 370 g/mol. The number of nitrogens with one attached hydrogen (secondary N) is 1. The number of hydrogen-bond donors (Lipinski definition) is 1. The summed E-state index contributed by atoms with van der Waals surface area (Å²) >= 11 is 0. The monoisotopic (exact) mass is 389 g/mol. The van der Waals surface area contributed by atoms with Crippen molar-refractivity contribution in [2.75, 3.05) is 19.5 Å². The van der Waals surface area contributed by atoms with Crippen LogP contribution in [0.15, 0.2) is 54.6 Å². The highest BCUT2D eigenvalue weighted by atomic mass is 16.5. The molecule has 2 heterocycles. The van der Waals surface area contributed by atoms with E-state index in [4.69, 9.17) is 9.47 Å². The Balaban J connectivity index is 1.63. The van der Waals surface area contributed by atoms with E-state index < -0.39 is 0 Å². The van der Waals surface area contributed by atoms with Gasteiger partial charge in [-0.25, -0.2) is 4.98 Å². The van der Waals surface area contributed by atoms with Gasteiger partial charge >= 0.3 is 0 Å². The van der Waals surface area contributed by atoms with E-state index in [-0.39, 0.29) is 11.9 Å². The number of rotatable bonds is 5. The minimum absolute atomic E-state index is 0.172. The zero-order chi connectivity index (χ0) is 20.4. The van der Waals surface area contributed by atoms with Crippen molar-refractivity contribution in [1.82, 2.24) is 19.6 Å². The van der Waals surface area contributed by atoms with Crippen LogP contribution in [-0.2, 0) is 0 Å². The van der Waals surface area contributed by atoms with E-state index in [9.17, 15) is 4.79 Å². The Kier molecular flexibility index (Phi) is 4.82. The number of aromatic nitrogens is 4. The summed E-state index contributed by atoms with van der Waals surface area (Å²) in [6, 6.07) is 16.7. The average molecular weight is 389 g/mol. The predicted molar refractivity (Wildman–Crippen MR) is 108 cm³/mol. The Bertz CT molecular complexity index is 1190. The highest BCUT2D eigenvalue weighted by molar-refractivity contribution is 6.03. The molecule has 8 heteroatoms. The standard InChI is InChI=1S/C21H19N5O3/c1-13-11-16(14-7-5-4-6-8-14)22-21-24-20(25-26(13)21)23-19(27)15-9-10-17(28-2)18(12-15)29-3/h4-12H,1-3H3,(H,23,25,27). The minimum atomic E-state index is -0.359. The number of methoxy groups -OCH3 is 2. The van der Waals surface area contributed by atoms with Crippen LogP contribution in [0.2, 0.25) is 0 Å². The van der Waals surface area contributed by atoms with Gasteiger partial charge in [0.1, 0.15) is 0 Å². The number of hydrogen-bond acceptors (Lipinski definition) is 6. The average Bonchev–Trinajstić information content (AvgIpc) is 3.16. The first-order valence-electron chi connectivity index (χ1n) is 8.92. The highest BCUT2D eigenvalue weighted by Gasteiger charge is 2.15. The van der Waals surface area contributed by atoms with Crippen molar-refractivity contribution in [2.45, 2.75) is 6.92 Å². The van der Waals surface area contributed by atoms with Gasteiger partial charge in [-0.2, -0.15) is 9.50 Å². The molecule has 1 N–H and O–H groups in total. The number of carbonyl (C=O) groups excluding carboxylic acids is 1. The van der Waals surface area contributed by atoms with Crippen LogP contribution in [0.5, 0.6) is 11.5 Å². The van der Waals surface area contributed by atoms with E-state index in [1.165, 1.54) is 14.2 Å². The number of amides is 1. The topological polar surface area (TPSA) is 90.6 Å². The molecule has 0 aliphatic rings. The fourth-order valence-corrected chi connectivity index (χ4v) is 2.97. The molecule has 1 amide bonds. The van der Waals surface area contributed by atoms with Crippen molar-refractivity contribution >= 4 is 17.6 Å². The van der Waals surface area contributed by atoms with Crippen molar-refractivity contribution in [3.05, 3.63) is 65.9 Å². The van der Waals surface area contributed by atoms with E-state index in [1.807, 2.05) is 43.3 Å². The van der Waals surface area contributed by atoms with Gasteiger partial charge in [0.05, 0.1) is 19.9 Å². The zero-order valence-corrected chi connectivity index (χ0v) is 16.2. The molecule has 0 fully saturated rings. The maximum absolute atomic E-state index is 12.6. The van der Waals surface area contributed by atoms with E-state index in [0.717, 1.165) is 17.0 Å². The van der Waals surface area contributed by atoms with Gasteiger partial charge in [0.15, 0.2) is 11.5 Å². The summed E-state index contributed by atoms with van der Waals surface area (Å²) in [5, 5.41) is 7.05. The molecule has 0 radical (unpaired) electrons. The molecule has 0 atom stereocenters. The molecule has 2 aromatic heterocycles. The van der Waals surface area contributed by atoms with Crippen LogP contribution in [-0.4, -0.2) is 39.7 Å². The Hall–Kier alpha value is -3.94. The Morgan fingerprint density at radius 3 is 2.45 bits per heavy atom. The third-order valence-corrected chi connectivity index (χ3v) is 4.43. The number of aryl methyl sites for hydroxylation is 1. The summed E-state index contributed by atoms with van der Waals surface area (Å²) in [6.07, 6.45) is 0. The second-order valence-electron chi connectivity index (χ2n) is 6.32. The number of fused-ring (bicyclic) bond motifs is 1. The smallest absolute Gasteiger partial charge is 0.258 e. The molecule has 4 rings (SSSR count). The van der Waals surface area contributed by atoms with E-state index in [0.29, 0.717) is 22.8 Å². The van der Waals surface area contributed by atoms with E-state index >= 15 is 0 Å². The third-order valence-electron chi connectivity index (χ3n) is 4.43. The van der Waals surface area contributed by atoms with Crippen LogP contribution in [0.25, 0.3) is 17.0 Å². The molecule has 4 aromatic rings. The number of benzene rings is 2. The number of nitrogens with zero attached hydrogens (tertiary/aromatic N) is 4. The lowest BCUT2D eigenvalue weighted by Crippen LogP contribution is -2.13. The molecule has 146 valence electrons. The molecule has 0 saturated heterocycles. The van der Waals surface area contributed by atoms with Crippen LogP contribution in [0, 0.1) is 6.92 Å². The predicted octanol–water partition coefficient (Wildman–Crippen LogP) is 3.37. The molecule has 0 spiro atoms. The molecule has 8 nitrogen and oxygen atoms in total. The van der Waals surface area contributed by atoms with Gasteiger partial charge in [-0.15, -0.1) is 5.10 Å². The van der Waals surface area contributed by atoms with E-state index in [1.54, 1.807) is 22.7 Å². The highest BCUT2D eigenvalue weighted by Crippen LogP contribution is 2.27. The molecule has 0 bridgehead atoms. The number of anilines is 1. The lowest BCUT2D eigenvalue weighted by molar-refractivity contribution is 0.102. The zero-order valence-electron chi connectivity index (χ0n) is 16.2.